The van der Waals surface area contributed by atoms with Gasteiger partial charge in [-0.2, -0.15) is 0 Å². The van der Waals surface area contributed by atoms with Crippen molar-refractivity contribution in [2.75, 3.05) is 13.2 Å². The molecular formula is C11H20O2. The van der Waals surface area contributed by atoms with Gasteiger partial charge in [-0.1, -0.05) is 25.3 Å². The summed E-state index contributed by atoms with van der Waals surface area (Å²) in [5.74, 6) is 0.568. The van der Waals surface area contributed by atoms with Gasteiger partial charge in [0.15, 0.2) is 0 Å². The van der Waals surface area contributed by atoms with Crippen LogP contribution in [0.2, 0.25) is 0 Å². The summed E-state index contributed by atoms with van der Waals surface area (Å²) in [4.78, 5) is 0. The van der Waals surface area contributed by atoms with E-state index in [9.17, 15) is 0 Å². The van der Waals surface area contributed by atoms with Gasteiger partial charge >= 0.3 is 0 Å². The Labute approximate surface area is 80.6 Å². The molecule has 0 saturated heterocycles. The Balaban J connectivity index is 2.29. The van der Waals surface area contributed by atoms with Crippen molar-refractivity contribution in [3.8, 4) is 0 Å². The monoisotopic (exact) mass is 184 g/mol. The number of rotatable bonds is 5. The molecule has 1 N–H and O–H groups in total. The average molecular weight is 184 g/mol. The summed E-state index contributed by atoms with van der Waals surface area (Å²) < 4.78 is 5.51. The maximum absolute atomic E-state index is 9.15. The fourth-order valence-electron chi connectivity index (χ4n) is 2.04. The molecule has 1 aliphatic carbocycles. The summed E-state index contributed by atoms with van der Waals surface area (Å²) in [6.07, 6.45) is 8.13. The van der Waals surface area contributed by atoms with Gasteiger partial charge in [-0.05, 0) is 18.8 Å². The highest BCUT2D eigenvalue weighted by Gasteiger charge is 2.22. The Hall–Kier alpha value is -0.340. The number of aliphatic hydroxyl groups is 1. The molecule has 1 rings (SSSR count). The number of aliphatic hydroxyl groups excluding tert-OH is 1. The van der Waals surface area contributed by atoms with E-state index in [1.165, 1.54) is 32.1 Å². The van der Waals surface area contributed by atoms with Crippen molar-refractivity contribution in [1.82, 2.24) is 0 Å². The highest BCUT2D eigenvalue weighted by molar-refractivity contribution is 4.75. The van der Waals surface area contributed by atoms with E-state index in [0.717, 1.165) is 0 Å². The molecule has 0 amide bonds. The molecule has 1 atom stereocenters. The third kappa shape index (κ3) is 3.49. The van der Waals surface area contributed by atoms with Crippen LogP contribution in [0.5, 0.6) is 0 Å². The minimum Gasteiger partial charge on any atom is -0.394 e. The van der Waals surface area contributed by atoms with E-state index in [2.05, 4.69) is 6.58 Å². The Kier molecular flexibility index (Phi) is 5.09. The molecule has 1 unspecified atom stereocenters. The van der Waals surface area contributed by atoms with Crippen LogP contribution in [0.15, 0.2) is 12.7 Å². The van der Waals surface area contributed by atoms with Crippen molar-refractivity contribution in [1.29, 1.82) is 0 Å². The van der Waals surface area contributed by atoms with Gasteiger partial charge in [0.1, 0.15) is 0 Å². The quantitative estimate of drug-likeness (QED) is 0.663. The Bertz CT molecular complexity index is 139. The molecule has 1 saturated carbocycles. The van der Waals surface area contributed by atoms with E-state index in [4.69, 9.17) is 9.84 Å². The maximum Gasteiger partial charge on any atom is 0.0838 e. The second-order valence-electron chi connectivity index (χ2n) is 3.74. The summed E-state index contributed by atoms with van der Waals surface area (Å²) in [5.41, 5.74) is 0. The second-order valence-corrected chi connectivity index (χ2v) is 3.74. The van der Waals surface area contributed by atoms with Gasteiger partial charge in [0.2, 0.25) is 0 Å². The summed E-state index contributed by atoms with van der Waals surface area (Å²) in [5, 5.41) is 9.15. The lowest BCUT2D eigenvalue weighted by Gasteiger charge is -2.28. The first-order valence-electron chi connectivity index (χ1n) is 5.22. The SMILES string of the molecule is C=CCOC(CO)C1CCCCC1. The van der Waals surface area contributed by atoms with Crippen molar-refractivity contribution in [2.24, 2.45) is 5.92 Å². The molecule has 0 aromatic carbocycles. The third-order valence-electron chi connectivity index (χ3n) is 2.78. The topological polar surface area (TPSA) is 29.5 Å². The van der Waals surface area contributed by atoms with Gasteiger partial charge in [0.25, 0.3) is 0 Å². The van der Waals surface area contributed by atoms with Gasteiger partial charge in [-0.25, -0.2) is 0 Å². The van der Waals surface area contributed by atoms with E-state index in [1.54, 1.807) is 6.08 Å². The Morgan fingerprint density at radius 2 is 2.08 bits per heavy atom. The number of ether oxygens (including phenoxy) is 1. The van der Waals surface area contributed by atoms with Gasteiger partial charge in [-0.15, -0.1) is 6.58 Å². The predicted molar refractivity (Wildman–Crippen MR) is 53.6 cm³/mol. The molecule has 0 spiro atoms. The molecule has 2 nitrogen and oxygen atoms in total. The first-order valence-corrected chi connectivity index (χ1v) is 5.22. The zero-order valence-corrected chi connectivity index (χ0v) is 8.24. The number of hydrogen-bond donors (Lipinski definition) is 1. The molecule has 0 aromatic rings. The van der Waals surface area contributed by atoms with E-state index in [1.807, 2.05) is 0 Å². The predicted octanol–water partition coefficient (Wildman–Crippen LogP) is 2.13. The molecule has 0 radical (unpaired) electrons. The van der Waals surface area contributed by atoms with Crippen molar-refractivity contribution in [3.05, 3.63) is 12.7 Å². The molecule has 1 fully saturated rings. The van der Waals surface area contributed by atoms with Crippen molar-refractivity contribution in [2.45, 2.75) is 38.2 Å². The highest BCUT2D eigenvalue weighted by Crippen LogP contribution is 2.27. The van der Waals surface area contributed by atoms with Crippen LogP contribution in [-0.4, -0.2) is 24.4 Å². The highest BCUT2D eigenvalue weighted by atomic mass is 16.5. The molecule has 0 bridgehead atoms. The van der Waals surface area contributed by atoms with E-state index < -0.39 is 0 Å². The van der Waals surface area contributed by atoms with Crippen LogP contribution in [0.1, 0.15) is 32.1 Å². The standard InChI is InChI=1S/C11H20O2/c1-2-8-13-11(9-12)10-6-4-3-5-7-10/h2,10-12H,1,3-9H2. The van der Waals surface area contributed by atoms with Crippen LogP contribution in [-0.2, 0) is 4.74 Å². The van der Waals surface area contributed by atoms with E-state index >= 15 is 0 Å². The molecule has 1 aliphatic rings. The third-order valence-corrected chi connectivity index (χ3v) is 2.78. The number of hydrogen-bond acceptors (Lipinski definition) is 2. The first kappa shape index (κ1) is 10.7. The Morgan fingerprint density at radius 3 is 2.62 bits per heavy atom. The van der Waals surface area contributed by atoms with Crippen LogP contribution >= 0.6 is 0 Å². The summed E-state index contributed by atoms with van der Waals surface area (Å²) in [6, 6.07) is 0. The van der Waals surface area contributed by atoms with Gasteiger partial charge in [0, 0.05) is 0 Å². The first-order chi connectivity index (χ1) is 6.38. The molecule has 0 heterocycles. The molecule has 0 aromatic heterocycles. The van der Waals surface area contributed by atoms with Crippen LogP contribution in [0, 0.1) is 5.92 Å². The lowest BCUT2D eigenvalue weighted by atomic mass is 9.85. The largest absolute Gasteiger partial charge is 0.394 e. The van der Waals surface area contributed by atoms with Crippen molar-refractivity contribution < 1.29 is 9.84 Å². The van der Waals surface area contributed by atoms with Crippen LogP contribution in [0.25, 0.3) is 0 Å². The fraction of sp³-hybridized carbons (Fsp3) is 0.818. The van der Waals surface area contributed by atoms with Crippen LogP contribution in [0.4, 0.5) is 0 Å². The summed E-state index contributed by atoms with van der Waals surface area (Å²) in [7, 11) is 0. The van der Waals surface area contributed by atoms with Crippen molar-refractivity contribution >= 4 is 0 Å². The molecule has 0 aliphatic heterocycles. The molecular weight excluding hydrogens is 164 g/mol. The van der Waals surface area contributed by atoms with E-state index in [0.29, 0.717) is 12.5 Å². The van der Waals surface area contributed by atoms with E-state index in [-0.39, 0.29) is 12.7 Å². The molecule has 76 valence electrons. The lowest BCUT2D eigenvalue weighted by Crippen LogP contribution is -2.29. The zero-order chi connectivity index (χ0) is 9.52. The van der Waals surface area contributed by atoms with Crippen LogP contribution < -0.4 is 0 Å². The minimum atomic E-state index is 0.0401. The normalized spacial score (nSPS) is 21.3. The van der Waals surface area contributed by atoms with Crippen molar-refractivity contribution in [3.63, 3.8) is 0 Å². The minimum absolute atomic E-state index is 0.0401. The maximum atomic E-state index is 9.15. The van der Waals surface area contributed by atoms with Crippen LogP contribution in [0.3, 0.4) is 0 Å². The fourth-order valence-corrected chi connectivity index (χ4v) is 2.04. The zero-order valence-electron chi connectivity index (χ0n) is 8.24. The summed E-state index contributed by atoms with van der Waals surface area (Å²) in [6.45, 7) is 4.31. The Morgan fingerprint density at radius 1 is 1.38 bits per heavy atom. The van der Waals surface area contributed by atoms with Gasteiger partial charge in [-0.3, -0.25) is 0 Å². The molecule has 2 heteroatoms. The molecule has 13 heavy (non-hydrogen) atoms. The summed E-state index contributed by atoms with van der Waals surface area (Å²) >= 11 is 0. The second kappa shape index (κ2) is 6.17. The van der Waals surface area contributed by atoms with Gasteiger partial charge < -0.3 is 9.84 Å². The average Bonchev–Trinajstić information content (AvgIpc) is 2.21. The van der Waals surface area contributed by atoms with Gasteiger partial charge in [0.05, 0.1) is 19.3 Å². The lowest BCUT2D eigenvalue weighted by molar-refractivity contribution is -0.0203. The smallest absolute Gasteiger partial charge is 0.0838 e.